The van der Waals surface area contributed by atoms with E-state index in [1.54, 1.807) is 18.0 Å². The first-order chi connectivity index (χ1) is 17.1. The average molecular weight is 462 g/mol. The van der Waals surface area contributed by atoms with Gasteiger partial charge in [0.2, 0.25) is 0 Å². The van der Waals surface area contributed by atoms with Crippen molar-refractivity contribution in [2.24, 2.45) is 0 Å². The highest BCUT2D eigenvalue weighted by Crippen LogP contribution is 2.28. The molecule has 6 rings (SSSR count). The Morgan fingerprint density at radius 1 is 0.829 bits per heavy atom. The molecule has 0 fully saturated rings. The number of fused-ring (bicyclic) bond motifs is 4. The van der Waals surface area contributed by atoms with E-state index >= 15 is 0 Å². The van der Waals surface area contributed by atoms with Crippen molar-refractivity contribution in [1.82, 2.24) is 24.1 Å². The molecular formula is C28H23N5O2. The molecule has 7 nitrogen and oxygen atoms in total. The zero-order valence-corrected chi connectivity index (χ0v) is 19.5. The minimum atomic E-state index is -0.135. The first-order valence-electron chi connectivity index (χ1n) is 11.4. The molecule has 0 aliphatic heterocycles. The SMILES string of the molecule is COc1ccccc1Cn1c2nc3ccccc3nc2c2c(=O)n(Cc3ccc(C)cc3)cnc21. The molecule has 3 aromatic carbocycles. The highest BCUT2D eigenvalue weighted by molar-refractivity contribution is 6.04. The number of methoxy groups -OCH3 is 1. The smallest absolute Gasteiger partial charge is 0.265 e. The number of benzene rings is 3. The van der Waals surface area contributed by atoms with Crippen LogP contribution in [0.5, 0.6) is 5.75 Å². The van der Waals surface area contributed by atoms with E-state index < -0.39 is 0 Å². The van der Waals surface area contributed by atoms with E-state index in [1.807, 2.05) is 84.3 Å². The minimum Gasteiger partial charge on any atom is -0.496 e. The first-order valence-corrected chi connectivity index (χ1v) is 11.4. The molecule has 3 aromatic heterocycles. The Bertz CT molecular complexity index is 1770. The third-order valence-corrected chi connectivity index (χ3v) is 6.31. The van der Waals surface area contributed by atoms with E-state index in [1.165, 1.54) is 5.56 Å². The number of nitrogens with zero attached hydrogens (tertiary/aromatic N) is 5. The normalized spacial score (nSPS) is 11.5. The molecule has 0 unspecified atom stereocenters. The summed E-state index contributed by atoms with van der Waals surface area (Å²) in [6.45, 7) is 2.93. The third kappa shape index (κ3) is 3.61. The van der Waals surface area contributed by atoms with Crippen LogP contribution in [0.1, 0.15) is 16.7 Å². The Kier molecular flexibility index (Phi) is 5.03. The summed E-state index contributed by atoms with van der Waals surface area (Å²) in [5.41, 5.74) is 6.30. The van der Waals surface area contributed by atoms with Crippen LogP contribution in [0.15, 0.2) is 83.9 Å². The van der Waals surface area contributed by atoms with E-state index in [4.69, 9.17) is 19.7 Å². The van der Waals surface area contributed by atoms with Crippen LogP contribution in [0.2, 0.25) is 0 Å². The molecule has 0 atom stereocenters. The lowest BCUT2D eigenvalue weighted by Crippen LogP contribution is -2.21. The van der Waals surface area contributed by atoms with Gasteiger partial charge in [0.25, 0.3) is 5.56 Å². The van der Waals surface area contributed by atoms with Gasteiger partial charge < -0.3 is 9.30 Å². The second-order valence-corrected chi connectivity index (χ2v) is 8.64. The molecule has 6 aromatic rings. The zero-order valence-electron chi connectivity index (χ0n) is 19.5. The van der Waals surface area contributed by atoms with Crippen LogP contribution in [-0.2, 0) is 13.1 Å². The molecule has 0 aliphatic carbocycles. The van der Waals surface area contributed by atoms with Crippen LogP contribution < -0.4 is 10.3 Å². The average Bonchev–Trinajstić information content (AvgIpc) is 3.18. The fourth-order valence-electron chi connectivity index (χ4n) is 4.50. The Morgan fingerprint density at radius 3 is 2.31 bits per heavy atom. The standard InChI is InChI=1S/C28H23N5O2/c1-18-11-13-19(14-12-18)15-32-17-29-26-24(28(32)34)25-27(31-22-9-5-4-8-21(22)30-25)33(26)16-20-7-3-6-10-23(20)35-2/h3-14,17H,15-16H2,1-2H3. The number of ether oxygens (including phenoxy) is 1. The molecule has 3 heterocycles. The van der Waals surface area contributed by atoms with Crippen molar-refractivity contribution in [2.45, 2.75) is 20.0 Å². The summed E-state index contributed by atoms with van der Waals surface area (Å²) in [4.78, 5) is 28.3. The molecule has 0 N–H and O–H groups in total. The van der Waals surface area contributed by atoms with Crippen LogP contribution >= 0.6 is 0 Å². The van der Waals surface area contributed by atoms with Crippen molar-refractivity contribution in [3.63, 3.8) is 0 Å². The largest absolute Gasteiger partial charge is 0.496 e. The van der Waals surface area contributed by atoms with Crippen molar-refractivity contribution < 1.29 is 4.74 Å². The van der Waals surface area contributed by atoms with Crippen molar-refractivity contribution >= 4 is 33.2 Å². The first kappa shape index (κ1) is 21.0. The van der Waals surface area contributed by atoms with Crippen molar-refractivity contribution in [2.75, 3.05) is 7.11 Å². The summed E-state index contributed by atoms with van der Waals surface area (Å²) in [6, 6.07) is 23.7. The molecule has 0 amide bonds. The second-order valence-electron chi connectivity index (χ2n) is 8.64. The highest BCUT2D eigenvalue weighted by atomic mass is 16.5. The van der Waals surface area contributed by atoms with Crippen molar-refractivity contribution in [3.05, 3.63) is 106 Å². The summed E-state index contributed by atoms with van der Waals surface area (Å²) in [6.07, 6.45) is 1.61. The maximum atomic E-state index is 13.8. The molecule has 0 saturated heterocycles. The van der Waals surface area contributed by atoms with E-state index in [-0.39, 0.29) is 5.56 Å². The van der Waals surface area contributed by atoms with Crippen LogP contribution in [0.4, 0.5) is 0 Å². The maximum Gasteiger partial charge on any atom is 0.265 e. The number of hydrogen-bond donors (Lipinski definition) is 0. The van der Waals surface area contributed by atoms with Crippen LogP contribution in [0.25, 0.3) is 33.2 Å². The van der Waals surface area contributed by atoms with Crippen molar-refractivity contribution in [3.8, 4) is 5.75 Å². The Balaban J connectivity index is 1.60. The number of para-hydroxylation sites is 3. The van der Waals surface area contributed by atoms with Gasteiger partial charge in [0, 0.05) is 5.56 Å². The monoisotopic (exact) mass is 461 g/mol. The Labute approximate surface area is 201 Å². The number of aromatic nitrogens is 5. The van der Waals surface area contributed by atoms with Crippen LogP contribution in [0.3, 0.4) is 0 Å². The molecule has 0 bridgehead atoms. The van der Waals surface area contributed by atoms with Gasteiger partial charge in [0.15, 0.2) is 11.3 Å². The lowest BCUT2D eigenvalue weighted by molar-refractivity contribution is 0.409. The van der Waals surface area contributed by atoms with Crippen LogP contribution in [-0.4, -0.2) is 31.2 Å². The lowest BCUT2D eigenvalue weighted by Gasteiger charge is -2.11. The van der Waals surface area contributed by atoms with Gasteiger partial charge in [-0.3, -0.25) is 9.36 Å². The van der Waals surface area contributed by atoms with E-state index in [0.29, 0.717) is 35.3 Å². The Morgan fingerprint density at radius 2 is 1.54 bits per heavy atom. The summed E-state index contributed by atoms with van der Waals surface area (Å²) in [5, 5.41) is 0.475. The fraction of sp³-hybridized carbons (Fsp3) is 0.143. The summed E-state index contributed by atoms with van der Waals surface area (Å²) in [5.74, 6) is 0.768. The van der Waals surface area contributed by atoms with Gasteiger partial charge in [-0.1, -0.05) is 60.2 Å². The predicted octanol–water partition coefficient (Wildman–Crippen LogP) is 4.71. The van der Waals surface area contributed by atoms with Crippen molar-refractivity contribution in [1.29, 1.82) is 0 Å². The number of aryl methyl sites for hydroxylation is 1. The van der Waals surface area contributed by atoms with Gasteiger partial charge in [-0.05, 0) is 30.7 Å². The van der Waals surface area contributed by atoms with Gasteiger partial charge in [-0.25, -0.2) is 15.0 Å². The molecule has 0 radical (unpaired) electrons. The molecule has 35 heavy (non-hydrogen) atoms. The molecule has 7 heteroatoms. The summed E-state index contributed by atoms with van der Waals surface area (Å²) >= 11 is 0. The van der Waals surface area contributed by atoms with Gasteiger partial charge in [-0.15, -0.1) is 0 Å². The van der Waals surface area contributed by atoms with E-state index in [0.717, 1.165) is 27.9 Å². The molecule has 0 aliphatic rings. The number of hydrogen-bond acceptors (Lipinski definition) is 5. The quantitative estimate of drug-likeness (QED) is 0.372. The summed E-state index contributed by atoms with van der Waals surface area (Å²) < 4.78 is 9.16. The predicted molar refractivity (Wildman–Crippen MR) is 137 cm³/mol. The molecule has 172 valence electrons. The third-order valence-electron chi connectivity index (χ3n) is 6.31. The van der Waals surface area contributed by atoms with Crippen LogP contribution in [0, 0.1) is 6.92 Å². The lowest BCUT2D eigenvalue weighted by atomic mass is 10.1. The van der Waals surface area contributed by atoms with E-state index in [2.05, 4.69) is 0 Å². The van der Waals surface area contributed by atoms with Gasteiger partial charge in [0.1, 0.15) is 23.0 Å². The topological polar surface area (TPSA) is 74.8 Å². The highest BCUT2D eigenvalue weighted by Gasteiger charge is 2.20. The van der Waals surface area contributed by atoms with E-state index in [9.17, 15) is 4.79 Å². The minimum absolute atomic E-state index is 0.135. The maximum absolute atomic E-state index is 13.8. The van der Waals surface area contributed by atoms with Gasteiger partial charge in [0.05, 0.1) is 31.2 Å². The zero-order chi connectivity index (χ0) is 23.9. The molecular weight excluding hydrogens is 438 g/mol. The molecule has 0 saturated carbocycles. The summed E-state index contributed by atoms with van der Waals surface area (Å²) in [7, 11) is 1.65. The van der Waals surface area contributed by atoms with Gasteiger partial charge >= 0.3 is 0 Å². The number of rotatable bonds is 5. The molecule has 0 spiro atoms. The second kappa shape index (κ2) is 8.36. The van der Waals surface area contributed by atoms with Gasteiger partial charge in [-0.2, -0.15) is 0 Å². The Hall–Kier alpha value is -4.52. The fourth-order valence-corrected chi connectivity index (χ4v) is 4.50.